The first-order valence-electron chi connectivity index (χ1n) is 10.4. The van der Waals surface area contributed by atoms with E-state index < -0.39 is 15.9 Å². The highest BCUT2D eigenvalue weighted by Gasteiger charge is 2.21. The van der Waals surface area contributed by atoms with Crippen LogP contribution in [0.15, 0.2) is 46.0 Å². The van der Waals surface area contributed by atoms with E-state index in [0.29, 0.717) is 36.0 Å². The lowest BCUT2D eigenvalue weighted by Gasteiger charge is -2.17. The number of carbonyl (C=O) groups is 2. The molecule has 0 unspecified atom stereocenters. The van der Waals surface area contributed by atoms with Crippen LogP contribution in [0.2, 0.25) is 0 Å². The molecule has 10 nitrogen and oxygen atoms in total. The fourth-order valence-electron chi connectivity index (χ4n) is 3.67. The predicted molar refractivity (Wildman–Crippen MR) is 131 cm³/mol. The molecule has 0 fully saturated rings. The number of hydrogen-bond donors (Lipinski definition) is 2. The van der Waals surface area contributed by atoms with Gasteiger partial charge in [-0.15, -0.1) is 11.3 Å². The molecule has 13 heteroatoms. The number of hydrogen-bond acceptors (Lipinski definition) is 8. The lowest BCUT2D eigenvalue weighted by molar-refractivity contribution is -0.129. The van der Waals surface area contributed by atoms with Crippen LogP contribution in [0, 0.1) is 0 Å². The van der Waals surface area contributed by atoms with Gasteiger partial charge in [0.05, 0.1) is 28.1 Å². The van der Waals surface area contributed by atoms with Crippen molar-refractivity contribution in [1.29, 1.82) is 0 Å². The van der Waals surface area contributed by atoms with Crippen molar-refractivity contribution in [3.63, 3.8) is 0 Å². The number of benzene rings is 1. The smallest absolute Gasteiger partial charge is 0.277 e. The number of thiophene rings is 1. The van der Waals surface area contributed by atoms with Crippen molar-refractivity contribution in [2.45, 2.75) is 30.6 Å². The molecule has 2 amide bonds. The summed E-state index contributed by atoms with van der Waals surface area (Å²) in [6.45, 7) is 3.25. The van der Waals surface area contributed by atoms with E-state index in [4.69, 9.17) is 0 Å². The van der Waals surface area contributed by atoms with Crippen LogP contribution in [0.25, 0.3) is 10.2 Å². The minimum Gasteiger partial charge on any atom is -0.337 e. The van der Waals surface area contributed by atoms with Gasteiger partial charge < -0.3 is 4.90 Å². The molecule has 1 aliphatic heterocycles. The van der Waals surface area contributed by atoms with Crippen molar-refractivity contribution in [1.82, 2.24) is 19.7 Å². The van der Waals surface area contributed by atoms with Gasteiger partial charge in [-0.1, -0.05) is 17.4 Å². The number of fused-ring (bicyclic) bond motifs is 2. The number of anilines is 2. The summed E-state index contributed by atoms with van der Waals surface area (Å²) < 4.78 is 30.2. The predicted octanol–water partition coefficient (Wildman–Crippen LogP) is 3.36. The Morgan fingerprint density at radius 2 is 2.00 bits per heavy atom. The molecule has 176 valence electrons. The maximum absolute atomic E-state index is 12.8. The highest BCUT2D eigenvalue weighted by molar-refractivity contribution is 7.94. The van der Waals surface area contributed by atoms with Crippen LogP contribution in [0.3, 0.4) is 0 Å². The molecule has 4 aromatic rings. The molecule has 0 radical (unpaired) electrons. The summed E-state index contributed by atoms with van der Waals surface area (Å²) in [5.41, 5.74) is 2.11. The van der Waals surface area contributed by atoms with Crippen LogP contribution in [-0.4, -0.2) is 46.4 Å². The Labute approximate surface area is 203 Å². The van der Waals surface area contributed by atoms with E-state index in [2.05, 4.69) is 20.1 Å². The molecular weight excluding hydrogens is 496 g/mol. The molecule has 4 heterocycles. The van der Waals surface area contributed by atoms with E-state index in [-0.39, 0.29) is 15.8 Å². The minimum absolute atomic E-state index is 0.00725. The Morgan fingerprint density at radius 1 is 1.15 bits per heavy atom. The number of thiazole rings is 1. The molecule has 1 aromatic carbocycles. The molecule has 0 bridgehead atoms. The van der Waals surface area contributed by atoms with Crippen LogP contribution in [0.1, 0.15) is 29.5 Å². The maximum atomic E-state index is 12.8. The largest absolute Gasteiger partial charge is 0.337 e. The van der Waals surface area contributed by atoms with Gasteiger partial charge in [0.1, 0.15) is 4.21 Å². The van der Waals surface area contributed by atoms with Crippen molar-refractivity contribution in [3.05, 3.63) is 53.2 Å². The average Bonchev–Trinajstić information content (AvgIpc) is 3.51. The number of aromatic nitrogens is 3. The van der Waals surface area contributed by atoms with Crippen LogP contribution >= 0.6 is 22.7 Å². The molecule has 0 saturated heterocycles. The summed E-state index contributed by atoms with van der Waals surface area (Å²) in [4.78, 5) is 30.7. The van der Waals surface area contributed by atoms with E-state index in [0.717, 1.165) is 28.2 Å². The average molecular weight is 517 g/mol. The van der Waals surface area contributed by atoms with Crippen LogP contribution in [-0.2, 0) is 27.9 Å². The lowest BCUT2D eigenvalue weighted by atomic mass is 10.3. The summed E-state index contributed by atoms with van der Waals surface area (Å²) in [5, 5.41) is 9.26. The third-order valence-electron chi connectivity index (χ3n) is 5.31. The Bertz CT molecular complexity index is 1490. The zero-order valence-electron chi connectivity index (χ0n) is 18.0. The monoisotopic (exact) mass is 516 g/mol. The zero-order valence-corrected chi connectivity index (χ0v) is 20.5. The van der Waals surface area contributed by atoms with E-state index >= 15 is 0 Å². The number of amides is 2. The van der Waals surface area contributed by atoms with Crippen molar-refractivity contribution >= 4 is 65.5 Å². The molecule has 0 spiro atoms. The second kappa shape index (κ2) is 8.81. The van der Waals surface area contributed by atoms with Crippen LogP contribution < -0.4 is 10.0 Å². The normalized spacial score (nSPS) is 14.0. The summed E-state index contributed by atoms with van der Waals surface area (Å²) in [6, 6.07) is 9.93. The summed E-state index contributed by atoms with van der Waals surface area (Å²) >= 11 is 2.38. The first-order valence-corrected chi connectivity index (χ1v) is 13.6. The highest BCUT2D eigenvalue weighted by atomic mass is 32.2. The quantitative estimate of drug-likeness (QED) is 0.419. The van der Waals surface area contributed by atoms with E-state index in [1.54, 1.807) is 51.4 Å². The first-order chi connectivity index (χ1) is 16.3. The van der Waals surface area contributed by atoms with Crippen LogP contribution in [0.4, 0.5) is 10.8 Å². The number of carbonyl (C=O) groups excluding carboxylic acids is 2. The third-order valence-corrected chi connectivity index (χ3v) is 9.03. The second-order valence-corrected chi connectivity index (χ2v) is 11.6. The molecule has 0 aliphatic carbocycles. The maximum Gasteiger partial charge on any atom is 0.277 e. The van der Waals surface area contributed by atoms with E-state index in [1.165, 1.54) is 18.3 Å². The lowest BCUT2D eigenvalue weighted by Crippen LogP contribution is -2.28. The molecule has 2 N–H and O–H groups in total. The minimum atomic E-state index is -3.65. The zero-order chi connectivity index (χ0) is 23.9. The van der Waals surface area contributed by atoms with Gasteiger partial charge in [-0.25, -0.2) is 13.4 Å². The van der Waals surface area contributed by atoms with Gasteiger partial charge in [0.2, 0.25) is 5.91 Å². The van der Waals surface area contributed by atoms with E-state index in [1.807, 2.05) is 0 Å². The van der Waals surface area contributed by atoms with Gasteiger partial charge in [-0.05, 0) is 42.1 Å². The summed E-state index contributed by atoms with van der Waals surface area (Å²) in [7, 11) is -3.65. The van der Waals surface area contributed by atoms with Gasteiger partial charge in [0.15, 0.2) is 10.8 Å². The Morgan fingerprint density at radius 3 is 2.76 bits per heavy atom. The Balaban J connectivity index is 1.32. The van der Waals surface area contributed by atoms with Crippen molar-refractivity contribution < 1.29 is 18.0 Å². The molecule has 3 aromatic heterocycles. The second-order valence-electron chi connectivity index (χ2n) is 7.73. The Kier molecular flexibility index (Phi) is 5.83. The number of nitrogens with one attached hydrogen (secondary N) is 2. The van der Waals surface area contributed by atoms with Gasteiger partial charge in [0, 0.05) is 20.0 Å². The standard InChI is InChI=1S/C21H20N6O4S3/c1-13(28)26-7-3-8-27-15(12-26)11-17(24-27)20(29)23-21-22-16-6-5-14(10-18(16)33-21)25-34(30,31)19-4-2-9-32-19/h2,4-6,9-11,25H,3,7-8,12H2,1H3,(H,22,23,29). The number of sulfonamides is 1. The van der Waals surface area contributed by atoms with Gasteiger partial charge >= 0.3 is 0 Å². The number of rotatable bonds is 5. The third kappa shape index (κ3) is 4.54. The number of aryl methyl sites for hydroxylation is 1. The first kappa shape index (κ1) is 22.5. The molecule has 5 rings (SSSR count). The highest BCUT2D eigenvalue weighted by Crippen LogP contribution is 2.30. The van der Waals surface area contributed by atoms with Gasteiger partial charge in [-0.3, -0.25) is 24.3 Å². The molecule has 34 heavy (non-hydrogen) atoms. The summed E-state index contributed by atoms with van der Waals surface area (Å²) in [6.07, 6.45) is 0.770. The van der Waals surface area contributed by atoms with E-state index in [9.17, 15) is 18.0 Å². The van der Waals surface area contributed by atoms with Gasteiger partial charge in [0.25, 0.3) is 15.9 Å². The molecule has 0 atom stereocenters. The van der Waals surface area contributed by atoms with Gasteiger partial charge in [-0.2, -0.15) is 5.10 Å². The molecule has 0 saturated carbocycles. The Hall–Kier alpha value is -3.29. The molecular formula is C21H20N6O4S3. The molecule has 1 aliphatic rings. The summed E-state index contributed by atoms with van der Waals surface area (Å²) in [5.74, 6) is -0.403. The SMILES string of the molecule is CC(=O)N1CCCn2nc(C(=O)Nc3nc4ccc(NS(=O)(=O)c5cccs5)cc4s3)cc2C1. The fourth-order valence-corrected chi connectivity index (χ4v) is 6.61. The number of nitrogens with zero attached hydrogens (tertiary/aromatic N) is 4. The fraction of sp³-hybridized carbons (Fsp3) is 0.238. The van der Waals surface area contributed by atoms with Crippen molar-refractivity contribution in [2.24, 2.45) is 0 Å². The van der Waals surface area contributed by atoms with Crippen molar-refractivity contribution in [2.75, 3.05) is 16.6 Å². The van der Waals surface area contributed by atoms with Crippen LogP contribution in [0.5, 0.6) is 0 Å². The topological polar surface area (TPSA) is 126 Å². The van der Waals surface area contributed by atoms with Crippen molar-refractivity contribution in [3.8, 4) is 0 Å².